The van der Waals surface area contributed by atoms with Crippen molar-refractivity contribution < 1.29 is 22.3 Å². The highest BCUT2D eigenvalue weighted by Crippen LogP contribution is 2.40. The number of rotatable bonds is 5. The van der Waals surface area contributed by atoms with Gasteiger partial charge in [-0.1, -0.05) is 18.2 Å². The van der Waals surface area contributed by atoms with E-state index in [1.807, 2.05) is 0 Å². The molecule has 0 aliphatic carbocycles. The van der Waals surface area contributed by atoms with Crippen molar-refractivity contribution in [2.45, 2.75) is 23.8 Å². The van der Waals surface area contributed by atoms with E-state index in [0.717, 1.165) is 0 Å². The molecule has 2 aromatic rings. The maximum Gasteiger partial charge on any atom is 0.247 e. The summed E-state index contributed by atoms with van der Waals surface area (Å²) in [5.41, 5.74) is 0.394. The molecule has 7 heteroatoms. The molecule has 0 aromatic heterocycles. The number of ether oxygens (including phenoxy) is 2. The van der Waals surface area contributed by atoms with Gasteiger partial charge >= 0.3 is 0 Å². The summed E-state index contributed by atoms with van der Waals surface area (Å²) < 4.78 is 52.4. The van der Waals surface area contributed by atoms with Gasteiger partial charge in [0, 0.05) is 18.2 Å². The summed E-state index contributed by atoms with van der Waals surface area (Å²) in [5.74, 6) is 0.258. The third kappa shape index (κ3) is 3.21. The van der Waals surface area contributed by atoms with Crippen LogP contribution < -0.4 is 9.47 Å². The quantitative estimate of drug-likeness (QED) is 0.815. The molecule has 3 rings (SSSR count). The molecule has 1 saturated heterocycles. The molecular weight excluding hydrogens is 345 g/mol. The van der Waals surface area contributed by atoms with Crippen LogP contribution in [0.1, 0.15) is 24.4 Å². The summed E-state index contributed by atoms with van der Waals surface area (Å²) in [4.78, 5) is 0.0255. The van der Waals surface area contributed by atoms with E-state index in [4.69, 9.17) is 9.47 Å². The standard InChI is InChI=1S/C18H20FNO4S/c1-23-13-9-10-17(24-2)18(12-13)25(21,22)20-11-5-8-16(20)14-6-3-4-7-15(14)19/h3-4,6-7,9-10,12,16H,5,8,11H2,1-2H3. The molecule has 0 saturated carbocycles. The van der Waals surface area contributed by atoms with Crippen LogP contribution in [0.2, 0.25) is 0 Å². The van der Waals surface area contributed by atoms with E-state index in [0.29, 0.717) is 30.7 Å². The molecule has 25 heavy (non-hydrogen) atoms. The summed E-state index contributed by atoms with van der Waals surface area (Å²) >= 11 is 0. The first-order valence-electron chi connectivity index (χ1n) is 7.97. The van der Waals surface area contributed by atoms with E-state index in [-0.39, 0.29) is 10.6 Å². The molecule has 1 aliphatic rings. The molecular formula is C18H20FNO4S. The Bertz CT molecular complexity index is 869. The number of sulfonamides is 1. The number of benzene rings is 2. The van der Waals surface area contributed by atoms with Crippen molar-refractivity contribution in [1.29, 1.82) is 0 Å². The predicted molar refractivity (Wildman–Crippen MR) is 91.8 cm³/mol. The van der Waals surface area contributed by atoms with E-state index in [2.05, 4.69) is 0 Å². The lowest BCUT2D eigenvalue weighted by molar-refractivity contribution is 0.371. The Hall–Kier alpha value is -2.12. The molecule has 1 fully saturated rings. The van der Waals surface area contributed by atoms with Crippen LogP contribution in [0.25, 0.3) is 0 Å². The average molecular weight is 365 g/mol. The first kappa shape index (κ1) is 17.7. The minimum atomic E-state index is -3.87. The molecule has 1 unspecified atom stereocenters. The topological polar surface area (TPSA) is 55.8 Å². The molecule has 5 nitrogen and oxygen atoms in total. The second-order valence-corrected chi connectivity index (χ2v) is 7.67. The monoisotopic (exact) mass is 365 g/mol. The van der Waals surface area contributed by atoms with E-state index < -0.39 is 21.9 Å². The fourth-order valence-electron chi connectivity index (χ4n) is 3.20. The Morgan fingerprint density at radius 1 is 1.12 bits per heavy atom. The van der Waals surface area contributed by atoms with Crippen molar-refractivity contribution in [3.63, 3.8) is 0 Å². The molecule has 0 amide bonds. The summed E-state index contributed by atoms with van der Waals surface area (Å²) in [6.45, 7) is 0.335. The van der Waals surface area contributed by atoms with Crippen LogP contribution in [0.3, 0.4) is 0 Å². The van der Waals surface area contributed by atoms with Gasteiger partial charge in [-0.05, 0) is 31.0 Å². The van der Waals surface area contributed by atoms with Gasteiger partial charge in [0.25, 0.3) is 0 Å². The highest BCUT2D eigenvalue weighted by atomic mass is 32.2. The number of halogens is 1. The van der Waals surface area contributed by atoms with Crippen LogP contribution in [0.4, 0.5) is 4.39 Å². The molecule has 1 aliphatic heterocycles. The maximum atomic E-state index is 14.2. The van der Waals surface area contributed by atoms with E-state index in [9.17, 15) is 12.8 Å². The summed E-state index contributed by atoms with van der Waals surface area (Å²) in [6.07, 6.45) is 1.25. The van der Waals surface area contributed by atoms with Gasteiger partial charge in [-0.25, -0.2) is 12.8 Å². The normalized spacial score (nSPS) is 18.3. The van der Waals surface area contributed by atoms with E-state index in [1.54, 1.807) is 30.3 Å². The van der Waals surface area contributed by atoms with Crippen LogP contribution in [0.5, 0.6) is 11.5 Å². The van der Waals surface area contributed by atoms with Crippen LogP contribution in [0, 0.1) is 5.82 Å². The fourth-order valence-corrected chi connectivity index (χ4v) is 5.04. The number of methoxy groups -OCH3 is 2. The summed E-state index contributed by atoms with van der Waals surface area (Å²) in [5, 5.41) is 0. The molecule has 0 spiro atoms. The third-order valence-corrected chi connectivity index (χ3v) is 6.35. The Morgan fingerprint density at radius 2 is 1.88 bits per heavy atom. The van der Waals surface area contributed by atoms with Gasteiger partial charge in [0.1, 0.15) is 22.2 Å². The first-order valence-corrected chi connectivity index (χ1v) is 9.41. The Balaban J connectivity index is 2.06. The van der Waals surface area contributed by atoms with Crippen LogP contribution >= 0.6 is 0 Å². The number of nitrogens with zero attached hydrogens (tertiary/aromatic N) is 1. The number of hydrogen-bond donors (Lipinski definition) is 0. The van der Waals surface area contributed by atoms with Crippen LogP contribution in [-0.4, -0.2) is 33.5 Å². The van der Waals surface area contributed by atoms with Gasteiger partial charge in [-0.2, -0.15) is 4.31 Å². The average Bonchev–Trinajstić information content (AvgIpc) is 3.12. The zero-order valence-electron chi connectivity index (χ0n) is 14.1. The van der Waals surface area contributed by atoms with Gasteiger partial charge < -0.3 is 9.47 Å². The van der Waals surface area contributed by atoms with Gasteiger partial charge in [-0.3, -0.25) is 0 Å². The smallest absolute Gasteiger partial charge is 0.247 e. The molecule has 134 valence electrons. The molecule has 2 aromatic carbocycles. The fraction of sp³-hybridized carbons (Fsp3) is 0.333. The summed E-state index contributed by atoms with van der Waals surface area (Å²) in [7, 11) is -0.982. The molecule has 0 radical (unpaired) electrons. The van der Waals surface area contributed by atoms with Gasteiger partial charge in [0.15, 0.2) is 0 Å². The van der Waals surface area contributed by atoms with Gasteiger partial charge in [0.05, 0.1) is 20.3 Å². The van der Waals surface area contributed by atoms with E-state index in [1.165, 1.54) is 30.7 Å². The largest absolute Gasteiger partial charge is 0.497 e. The Kier molecular flexibility index (Phi) is 4.96. The van der Waals surface area contributed by atoms with Crippen molar-refractivity contribution >= 4 is 10.0 Å². The Morgan fingerprint density at radius 3 is 2.56 bits per heavy atom. The molecule has 1 heterocycles. The minimum absolute atomic E-state index is 0.0255. The summed E-state index contributed by atoms with van der Waals surface area (Å²) in [6, 6.07) is 10.4. The SMILES string of the molecule is COc1ccc(OC)c(S(=O)(=O)N2CCCC2c2ccccc2F)c1. The maximum absolute atomic E-state index is 14.2. The van der Waals surface area contributed by atoms with Crippen molar-refractivity contribution in [3.05, 3.63) is 53.8 Å². The molecule has 0 bridgehead atoms. The van der Waals surface area contributed by atoms with Gasteiger partial charge in [-0.15, -0.1) is 0 Å². The minimum Gasteiger partial charge on any atom is -0.497 e. The highest BCUT2D eigenvalue weighted by molar-refractivity contribution is 7.89. The molecule has 1 atom stereocenters. The lowest BCUT2D eigenvalue weighted by Gasteiger charge is -2.25. The first-order chi connectivity index (χ1) is 12.0. The second kappa shape index (κ2) is 7.01. The Labute approximate surface area is 147 Å². The van der Waals surface area contributed by atoms with Crippen LogP contribution in [0.15, 0.2) is 47.4 Å². The zero-order valence-corrected chi connectivity index (χ0v) is 14.9. The van der Waals surface area contributed by atoms with E-state index >= 15 is 0 Å². The van der Waals surface area contributed by atoms with Crippen molar-refractivity contribution in [2.24, 2.45) is 0 Å². The highest BCUT2D eigenvalue weighted by Gasteiger charge is 2.38. The predicted octanol–water partition coefficient (Wildman–Crippen LogP) is 3.37. The van der Waals surface area contributed by atoms with Crippen molar-refractivity contribution in [2.75, 3.05) is 20.8 Å². The van der Waals surface area contributed by atoms with Gasteiger partial charge in [0.2, 0.25) is 10.0 Å². The number of hydrogen-bond acceptors (Lipinski definition) is 4. The van der Waals surface area contributed by atoms with Crippen LogP contribution in [-0.2, 0) is 10.0 Å². The lowest BCUT2D eigenvalue weighted by atomic mass is 10.1. The zero-order chi connectivity index (χ0) is 18.0. The molecule has 0 N–H and O–H groups in total. The van der Waals surface area contributed by atoms with Crippen molar-refractivity contribution in [3.8, 4) is 11.5 Å². The van der Waals surface area contributed by atoms with Crippen molar-refractivity contribution in [1.82, 2.24) is 4.31 Å². The second-order valence-electron chi connectivity index (χ2n) is 5.81. The third-order valence-electron chi connectivity index (χ3n) is 4.43. The lowest BCUT2D eigenvalue weighted by Crippen LogP contribution is -2.31.